The van der Waals surface area contributed by atoms with Gasteiger partial charge in [-0.1, -0.05) is 0 Å². The molecule has 0 aromatic heterocycles. The van der Waals surface area contributed by atoms with E-state index in [1.165, 1.54) is 25.3 Å². The minimum atomic E-state index is -4.30. The number of nitrogens with zero attached hydrogens (tertiary/aromatic N) is 3. The molecule has 0 unspecified atom stereocenters. The lowest BCUT2D eigenvalue weighted by Crippen LogP contribution is -2.47. The first kappa shape index (κ1) is 24.8. The van der Waals surface area contributed by atoms with E-state index in [4.69, 9.17) is 4.74 Å². The molecule has 1 aromatic carbocycles. The van der Waals surface area contributed by atoms with Gasteiger partial charge >= 0.3 is 6.18 Å². The Bertz CT molecular complexity index is 740. The maximum atomic E-state index is 12.2. The molecule has 31 heavy (non-hydrogen) atoms. The van der Waals surface area contributed by atoms with Gasteiger partial charge < -0.3 is 24.6 Å². The highest BCUT2D eigenvalue weighted by Crippen LogP contribution is 2.29. The number of nitrogens with one attached hydrogen (secondary N) is 1. The second-order valence-corrected chi connectivity index (χ2v) is 7.14. The third-order valence-corrected chi connectivity index (χ3v) is 4.82. The van der Waals surface area contributed by atoms with E-state index in [1.54, 1.807) is 0 Å². The van der Waals surface area contributed by atoms with Crippen LogP contribution in [-0.4, -0.2) is 86.4 Å². The molecule has 0 bridgehead atoms. The number of methoxy groups -OCH3 is 1. The predicted octanol–water partition coefficient (Wildman–Crippen LogP) is 2.52. The quantitative estimate of drug-likeness (QED) is 0.316. The lowest BCUT2D eigenvalue weighted by Gasteiger charge is -2.34. The summed E-state index contributed by atoms with van der Waals surface area (Å²) in [6.45, 7) is 3.00. The third-order valence-electron chi connectivity index (χ3n) is 4.82. The van der Waals surface area contributed by atoms with Crippen molar-refractivity contribution in [2.24, 2.45) is 0 Å². The summed E-state index contributed by atoms with van der Waals surface area (Å²) in [6.07, 6.45) is -3.58. The minimum Gasteiger partial charge on any atom is -0.496 e. The SMILES string of the molecule is COc1ccc(NC(=O)CCN2CCN(CCCOCC(F)(F)F)CC2)c([N+](=O)[O-])c1. The third kappa shape index (κ3) is 9.07. The van der Waals surface area contributed by atoms with Crippen LogP contribution in [0.1, 0.15) is 12.8 Å². The Morgan fingerprint density at radius 2 is 1.84 bits per heavy atom. The summed E-state index contributed by atoms with van der Waals surface area (Å²) in [5, 5.41) is 13.8. The van der Waals surface area contributed by atoms with Crippen LogP contribution in [0, 0.1) is 10.1 Å². The Balaban J connectivity index is 1.66. The fourth-order valence-electron chi connectivity index (χ4n) is 3.18. The summed E-state index contributed by atoms with van der Waals surface area (Å²) in [4.78, 5) is 27.1. The van der Waals surface area contributed by atoms with Crippen molar-refractivity contribution < 1.29 is 32.4 Å². The maximum Gasteiger partial charge on any atom is 0.411 e. The van der Waals surface area contributed by atoms with E-state index in [0.717, 1.165) is 26.2 Å². The van der Waals surface area contributed by atoms with Gasteiger partial charge in [-0.05, 0) is 18.6 Å². The highest BCUT2D eigenvalue weighted by molar-refractivity contribution is 5.93. The maximum absolute atomic E-state index is 12.2. The lowest BCUT2D eigenvalue weighted by molar-refractivity contribution is -0.384. The summed E-state index contributed by atoms with van der Waals surface area (Å²) in [7, 11) is 1.40. The summed E-state index contributed by atoms with van der Waals surface area (Å²) >= 11 is 0. The molecule has 2 rings (SSSR count). The number of nitro benzene ring substituents is 1. The van der Waals surface area contributed by atoms with Crippen molar-refractivity contribution in [3.63, 3.8) is 0 Å². The zero-order valence-corrected chi connectivity index (χ0v) is 17.3. The first-order chi connectivity index (χ1) is 14.7. The van der Waals surface area contributed by atoms with Gasteiger partial charge in [-0.3, -0.25) is 14.9 Å². The van der Waals surface area contributed by atoms with Crippen LogP contribution >= 0.6 is 0 Å². The van der Waals surface area contributed by atoms with E-state index in [0.29, 0.717) is 25.3 Å². The van der Waals surface area contributed by atoms with Crippen molar-refractivity contribution in [2.75, 3.05) is 64.9 Å². The molecular weight excluding hydrogens is 421 g/mol. The molecule has 0 radical (unpaired) electrons. The molecule has 9 nitrogen and oxygen atoms in total. The number of ether oxygens (including phenoxy) is 2. The van der Waals surface area contributed by atoms with Crippen LogP contribution in [0.5, 0.6) is 5.75 Å². The van der Waals surface area contributed by atoms with Gasteiger partial charge in [-0.2, -0.15) is 13.2 Å². The second kappa shape index (κ2) is 11.8. The molecule has 0 aliphatic carbocycles. The minimum absolute atomic E-state index is 0.0669. The predicted molar refractivity (Wildman–Crippen MR) is 107 cm³/mol. The molecule has 1 saturated heterocycles. The van der Waals surface area contributed by atoms with Crippen LogP contribution in [0.3, 0.4) is 0 Å². The van der Waals surface area contributed by atoms with E-state index in [9.17, 15) is 28.1 Å². The average molecular weight is 448 g/mol. The Morgan fingerprint density at radius 3 is 2.42 bits per heavy atom. The number of hydrogen-bond acceptors (Lipinski definition) is 7. The smallest absolute Gasteiger partial charge is 0.411 e. The van der Waals surface area contributed by atoms with Gasteiger partial charge in [0.1, 0.15) is 18.0 Å². The number of alkyl halides is 3. The number of hydrogen-bond donors (Lipinski definition) is 1. The van der Waals surface area contributed by atoms with Crippen molar-refractivity contribution in [2.45, 2.75) is 19.0 Å². The number of anilines is 1. The second-order valence-electron chi connectivity index (χ2n) is 7.14. The lowest BCUT2D eigenvalue weighted by atomic mass is 10.2. The van der Waals surface area contributed by atoms with Crippen LogP contribution in [0.4, 0.5) is 24.5 Å². The Labute approximate surface area is 178 Å². The first-order valence-corrected chi connectivity index (χ1v) is 9.89. The number of halogens is 3. The van der Waals surface area contributed by atoms with E-state index in [-0.39, 0.29) is 30.3 Å². The van der Waals surface area contributed by atoms with Gasteiger partial charge in [0.15, 0.2) is 0 Å². The molecule has 1 aliphatic rings. The van der Waals surface area contributed by atoms with Crippen molar-refractivity contribution in [1.82, 2.24) is 9.80 Å². The number of carbonyl (C=O) groups excluding carboxylic acids is 1. The number of benzene rings is 1. The number of rotatable bonds is 11. The monoisotopic (exact) mass is 448 g/mol. The summed E-state index contributed by atoms with van der Waals surface area (Å²) < 4.78 is 45.6. The van der Waals surface area contributed by atoms with Crippen LogP contribution in [0.15, 0.2) is 18.2 Å². The fraction of sp³-hybridized carbons (Fsp3) is 0.632. The van der Waals surface area contributed by atoms with E-state index in [2.05, 4.69) is 19.9 Å². The molecule has 1 N–H and O–H groups in total. The number of carbonyl (C=O) groups is 1. The normalized spacial score (nSPS) is 15.6. The molecule has 0 spiro atoms. The summed E-state index contributed by atoms with van der Waals surface area (Å²) in [6, 6.07) is 4.23. The number of amides is 1. The van der Waals surface area contributed by atoms with Crippen molar-refractivity contribution in [1.29, 1.82) is 0 Å². The van der Waals surface area contributed by atoms with E-state index < -0.39 is 17.7 Å². The molecule has 0 atom stereocenters. The summed E-state index contributed by atoms with van der Waals surface area (Å²) in [5.74, 6) is 0.00648. The fourth-order valence-corrected chi connectivity index (χ4v) is 3.18. The molecule has 1 aromatic rings. The van der Waals surface area contributed by atoms with Crippen LogP contribution < -0.4 is 10.1 Å². The van der Waals surface area contributed by atoms with Crippen molar-refractivity contribution in [3.8, 4) is 5.75 Å². The average Bonchev–Trinajstić information content (AvgIpc) is 2.72. The van der Waals surface area contributed by atoms with Crippen LogP contribution in [-0.2, 0) is 9.53 Å². The molecule has 12 heteroatoms. The molecule has 174 valence electrons. The standard InChI is InChI=1S/C19H27F3N4O5/c1-30-15-3-4-16(17(13-15)26(28)29)23-18(27)5-7-25-10-8-24(9-11-25)6-2-12-31-14-19(20,21)22/h3-4,13H,2,5-12,14H2,1H3,(H,23,27). The van der Waals surface area contributed by atoms with Gasteiger partial charge in [0.25, 0.3) is 5.69 Å². The highest BCUT2D eigenvalue weighted by Gasteiger charge is 2.27. The van der Waals surface area contributed by atoms with Gasteiger partial charge in [0.2, 0.25) is 5.91 Å². The number of nitro groups is 1. The van der Waals surface area contributed by atoms with Gasteiger partial charge in [0.05, 0.1) is 18.1 Å². The zero-order chi connectivity index (χ0) is 22.9. The number of piperazine rings is 1. The van der Waals surface area contributed by atoms with Crippen LogP contribution in [0.2, 0.25) is 0 Å². The largest absolute Gasteiger partial charge is 0.496 e. The Morgan fingerprint density at radius 1 is 1.19 bits per heavy atom. The van der Waals surface area contributed by atoms with E-state index >= 15 is 0 Å². The highest BCUT2D eigenvalue weighted by atomic mass is 19.4. The first-order valence-electron chi connectivity index (χ1n) is 9.89. The van der Waals surface area contributed by atoms with Gasteiger partial charge in [-0.25, -0.2) is 0 Å². The van der Waals surface area contributed by atoms with E-state index in [1.807, 2.05) is 0 Å². The molecule has 1 aliphatic heterocycles. The topological polar surface area (TPSA) is 97.2 Å². The Hall–Kier alpha value is -2.44. The van der Waals surface area contributed by atoms with Crippen molar-refractivity contribution >= 4 is 17.3 Å². The molecule has 1 fully saturated rings. The zero-order valence-electron chi connectivity index (χ0n) is 17.3. The molecule has 1 amide bonds. The Kier molecular flexibility index (Phi) is 9.46. The van der Waals surface area contributed by atoms with Gasteiger partial charge in [-0.15, -0.1) is 0 Å². The van der Waals surface area contributed by atoms with Crippen LogP contribution in [0.25, 0.3) is 0 Å². The molecular formula is C19H27F3N4O5. The molecule has 0 saturated carbocycles. The summed E-state index contributed by atoms with van der Waals surface area (Å²) in [5.41, 5.74) is -0.117. The van der Waals surface area contributed by atoms with Gasteiger partial charge in [0, 0.05) is 52.3 Å². The van der Waals surface area contributed by atoms with Crippen molar-refractivity contribution in [3.05, 3.63) is 28.3 Å². The molecule has 1 heterocycles.